The molecule has 0 fully saturated rings. The summed E-state index contributed by atoms with van der Waals surface area (Å²) in [4.78, 5) is 27.6. The molecule has 0 aromatic carbocycles. The van der Waals surface area contributed by atoms with Crippen molar-refractivity contribution < 1.29 is 38.0 Å². The summed E-state index contributed by atoms with van der Waals surface area (Å²) in [6, 6.07) is 0. The quantitative estimate of drug-likeness (QED) is 0.284. The number of amides is 2. The van der Waals surface area contributed by atoms with Gasteiger partial charge in [0.15, 0.2) is 0 Å². The smallest absolute Gasteiger partial charge is 0.410 e. The Labute approximate surface area is 180 Å². The van der Waals surface area contributed by atoms with Crippen molar-refractivity contribution in [1.29, 1.82) is 0 Å². The summed E-state index contributed by atoms with van der Waals surface area (Å²) < 4.78 is 31.6. The van der Waals surface area contributed by atoms with E-state index in [0.717, 1.165) is 0 Å². The van der Waals surface area contributed by atoms with Gasteiger partial charge in [-0.1, -0.05) is 0 Å². The Kier molecular flexibility index (Phi) is 19.5. The van der Waals surface area contributed by atoms with Crippen molar-refractivity contribution in [3.8, 4) is 0 Å². The Morgan fingerprint density at radius 2 is 0.767 bits per heavy atom. The molecular weight excluding hydrogens is 396 g/mol. The van der Waals surface area contributed by atoms with Crippen LogP contribution in [-0.2, 0) is 28.4 Å². The summed E-state index contributed by atoms with van der Waals surface area (Å²) in [5.41, 5.74) is 0. The van der Waals surface area contributed by atoms with Gasteiger partial charge >= 0.3 is 12.2 Å². The van der Waals surface area contributed by atoms with Crippen molar-refractivity contribution in [3.05, 3.63) is 0 Å². The molecule has 0 saturated carbocycles. The van der Waals surface area contributed by atoms with E-state index in [0.29, 0.717) is 79.0 Å². The van der Waals surface area contributed by atoms with Gasteiger partial charge < -0.3 is 38.2 Å². The molecule has 0 N–H and O–H groups in total. The molecule has 0 unspecified atom stereocenters. The first-order chi connectivity index (χ1) is 14.6. The average molecular weight is 437 g/mol. The van der Waals surface area contributed by atoms with E-state index in [2.05, 4.69) is 0 Å². The van der Waals surface area contributed by atoms with E-state index in [-0.39, 0.29) is 13.2 Å². The van der Waals surface area contributed by atoms with E-state index in [1.165, 1.54) is 9.80 Å². The highest BCUT2D eigenvalue weighted by atomic mass is 16.6. The predicted molar refractivity (Wildman–Crippen MR) is 112 cm³/mol. The second kappa shape index (κ2) is 20.6. The molecule has 2 amide bonds. The van der Waals surface area contributed by atoms with Gasteiger partial charge in [-0.3, -0.25) is 0 Å². The van der Waals surface area contributed by atoms with Crippen LogP contribution in [0.15, 0.2) is 0 Å². The number of rotatable bonds is 19. The summed E-state index contributed by atoms with van der Waals surface area (Å²) in [5.74, 6) is 0. The van der Waals surface area contributed by atoms with Gasteiger partial charge in [-0.2, -0.15) is 0 Å². The van der Waals surface area contributed by atoms with E-state index in [9.17, 15) is 9.59 Å². The standard InChI is InChI=1S/C20H40N2O8/c1-5-25-13-9-21(10-14-26-6-2)19(23)29-17-18-30-20(24)22(11-15-27-7-3)12-16-28-8-4/h5-18H2,1-4H3. The van der Waals surface area contributed by atoms with E-state index >= 15 is 0 Å². The second-order valence-corrected chi connectivity index (χ2v) is 5.99. The number of ether oxygens (including phenoxy) is 6. The number of carbonyl (C=O) groups excluding carboxylic acids is 2. The first-order valence-corrected chi connectivity index (χ1v) is 10.7. The van der Waals surface area contributed by atoms with Crippen molar-refractivity contribution >= 4 is 12.2 Å². The van der Waals surface area contributed by atoms with Crippen molar-refractivity contribution in [2.75, 3.05) is 92.2 Å². The fourth-order valence-electron chi connectivity index (χ4n) is 2.31. The van der Waals surface area contributed by atoms with Gasteiger partial charge in [0.2, 0.25) is 0 Å². The summed E-state index contributed by atoms with van der Waals surface area (Å²) in [6.07, 6.45) is -0.981. The van der Waals surface area contributed by atoms with Gasteiger partial charge in [-0.25, -0.2) is 9.59 Å². The summed E-state index contributed by atoms with van der Waals surface area (Å²) in [6.45, 7) is 13.1. The Balaban J connectivity index is 4.33. The number of nitrogens with zero attached hydrogens (tertiary/aromatic N) is 2. The minimum Gasteiger partial charge on any atom is -0.446 e. The molecule has 0 radical (unpaired) electrons. The van der Waals surface area contributed by atoms with Gasteiger partial charge in [0.25, 0.3) is 0 Å². The van der Waals surface area contributed by atoms with Crippen LogP contribution in [0.1, 0.15) is 27.7 Å². The first kappa shape index (κ1) is 28.4. The van der Waals surface area contributed by atoms with Crippen LogP contribution in [0.3, 0.4) is 0 Å². The molecule has 178 valence electrons. The largest absolute Gasteiger partial charge is 0.446 e. The van der Waals surface area contributed by atoms with Crippen molar-refractivity contribution in [1.82, 2.24) is 9.80 Å². The van der Waals surface area contributed by atoms with E-state index < -0.39 is 12.2 Å². The monoisotopic (exact) mass is 436 g/mol. The van der Waals surface area contributed by atoms with Crippen LogP contribution in [0.25, 0.3) is 0 Å². The molecule has 0 aromatic rings. The summed E-state index contributed by atoms with van der Waals surface area (Å²) in [7, 11) is 0. The number of hydrogen-bond donors (Lipinski definition) is 0. The first-order valence-electron chi connectivity index (χ1n) is 10.7. The zero-order valence-corrected chi connectivity index (χ0v) is 19.1. The van der Waals surface area contributed by atoms with Crippen LogP contribution in [0, 0.1) is 0 Å². The zero-order valence-electron chi connectivity index (χ0n) is 19.1. The van der Waals surface area contributed by atoms with Crippen LogP contribution >= 0.6 is 0 Å². The van der Waals surface area contributed by atoms with E-state index in [4.69, 9.17) is 28.4 Å². The summed E-state index contributed by atoms with van der Waals surface area (Å²) >= 11 is 0. The molecule has 10 nitrogen and oxygen atoms in total. The highest BCUT2D eigenvalue weighted by Crippen LogP contribution is 1.99. The Morgan fingerprint density at radius 3 is 1.00 bits per heavy atom. The lowest BCUT2D eigenvalue weighted by molar-refractivity contribution is 0.0351. The molecule has 0 aliphatic heterocycles. The van der Waals surface area contributed by atoms with Crippen molar-refractivity contribution in [3.63, 3.8) is 0 Å². The molecular formula is C20H40N2O8. The third-order valence-corrected chi connectivity index (χ3v) is 3.89. The van der Waals surface area contributed by atoms with Gasteiger partial charge in [0, 0.05) is 52.6 Å². The van der Waals surface area contributed by atoms with Crippen molar-refractivity contribution in [2.45, 2.75) is 27.7 Å². The SMILES string of the molecule is CCOCCN(CCOCC)C(=O)OCCOC(=O)N(CCOCC)CCOCC. The molecule has 0 heterocycles. The molecule has 0 aliphatic carbocycles. The third-order valence-electron chi connectivity index (χ3n) is 3.89. The molecule has 0 bridgehead atoms. The van der Waals surface area contributed by atoms with Gasteiger partial charge in [0.1, 0.15) is 13.2 Å². The van der Waals surface area contributed by atoms with Crippen LogP contribution in [0.5, 0.6) is 0 Å². The second-order valence-electron chi connectivity index (χ2n) is 5.99. The van der Waals surface area contributed by atoms with Crippen LogP contribution in [0.2, 0.25) is 0 Å². The maximum absolute atomic E-state index is 12.3. The highest BCUT2D eigenvalue weighted by Gasteiger charge is 2.17. The van der Waals surface area contributed by atoms with Crippen LogP contribution < -0.4 is 0 Å². The van der Waals surface area contributed by atoms with Crippen LogP contribution in [0.4, 0.5) is 9.59 Å². The van der Waals surface area contributed by atoms with Gasteiger partial charge in [-0.15, -0.1) is 0 Å². The topological polar surface area (TPSA) is 96.0 Å². The van der Waals surface area contributed by atoms with Gasteiger partial charge in [-0.05, 0) is 27.7 Å². The fourth-order valence-corrected chi connectivity index (χ4v) is 2.31. The summed E-state index contributed by atoms with van der Waals surface area (Å²) in [5, 5.41) is 0. The Bertz CT molecular complexity index is 368. The molecule has 0 saturated heterocycles. The average Bonchev–Trinajstić information content (AvgIpc) is 2.74. The third kappa shape index (κ3) is 15.3. The minimum atomic E-state index is -0.491. The normalized spacial score (nSPS) is 10.7. The molecule has 0 aromatic heterocycles. The lowest BCUT2D eigenvalue weighted by atomic mass is 10.5. The van der Waals surface area contributed by atoms with Crippen molar-refractivity contribution in [2.24, 2.45) is 0 Å². The van der Waals surface area contributed by atoms with E-state index in [1.54, 1.807) is 0 Å². The zero-order chi connectivity index (χ0) is 22.5. The predicted octanol–water partition coefficient (Wildman–Crippen LogP) is 2.01. The van der Waals surface area contributed by atoms with Crippen LogP contribution in [-0.4, -0.2) is 114 Å². The molecule has 0 aliphatic rings. The lowest BCUT2D eigenvalue weighted by Gasteiger charge is -2.23. The van der Waals surface area contributed by atoms with E-state index in [1.807, 2.05) is 27.7 Å². The van der Waals surface area contributed by atoms with Gasteiger partial charge in [0.05, 0.1) is 26.4 Å². The lowest BCUT2D eigenvalue weighted by Crippen LogP contribution is -2.39. The molecule has 0 atom stereocenters. The number of hydrogen-bond acceptors (Lipinski definition) is 8. The molecule has 0 spiro atoms. The number of carbonyl (C=O) groups is 2. The highest BCUT2D eigenvalue weighted by molar-refractivity contribution is 5.68. The Hall–Kier alpha value is -1.62. The fraction of sp³-hybridized carbons (Fsp3) is 0.900. The minimum absolute atomic E-state index is 0.0326. The maximum atomic E-state index is 12.3. The molecule has 30 heavy (non-hydrogen) atoms. The Morgan fingerprint density at radius 1 is 0.500 bits per heavy atom. The maximum Gasteiger partial charge on any atom is 0.410 e. The molecule has 0 rings (SSSR count). The molecule has 10 heteroatoms.